The van der Waals surface area contributed by atoms with Crippen LogP contribution in [0.5, 0.6) is 5.75 Å². The van der Waals surface area contributed by atoms with Gasteiger partial charge in [-0.05, 0) is 84.3 Å². The van der Waals surface area contributed by atoms with Crippen LogP contribution < -0.4 is 9.64 Å². The van der Waals surface area contributed by atoms with E-state index in [0.717, 1.165) is 35.7 Å². The number of fused-ring (bicyclic) bond motifs is 2. The number of hydrogen-bond acceptors (Lipinski definition) is 7. The Morgan fingerprint density at radius 3 is 2.52 bits per heavy atom. The van der Waals surface area contributed by atoms with Crippen LogP contribution in [-0.2, 0) is 23.2 Å². The van der Waals surface area contributed by atoms with Crippen molar-refractivity contribution in [3.8, 4) is 5.75 Å². The first-order valence-corrected chi connectivity index (χ1v) is 15.1. The van der Waals surface area contributed by atoms with Crippen molar-refractivity contribution in [2.24, 2.45) is 0 Å². The number of nitrogens with zero attached hydrogens (tertiary/aromatic N) is 6. The second-order valence-electron chi connectivity index (χ2n) is 13.2. The number of carbonyl (C=O) groups excluding carboxylic acids is 2. The number of halogens is 1. The highest BCUT2D eigenvalue weighted by Gasteiger charge is 2.53. The molecule has 2 aromatic heterocycles. The molecule has 0 N–H and O–H groups in total. The first kappa shape index (κ1) is 31.4. The van der Waals surface area contributed by atoms with Crippen molar-refractivity contribution in [2.45, 2.75) is 77.6 Å². The highest BCUT2D eigenvalue weighted by Crippen LogP contribution is 2.55. The summed E-state index contributed by atoms with van der Waals surface area (Å²) in [5, 5.41) is 0. The van der Waals surface area contributed by atoms with E-state index in [2.05, 4.69) is 20.9 Å². The molecule has 2 amide bonds. The molecule has 0 radical (unpaired) electrons. The molecular weight excluding hydrogens is 563 g/mol. The molecule has 1 atom stereocenters. The Balaban J connectivity index is 1.51. The van der Waals surface area contributed by atoms with Crippen molar-refractivity contribution >= 4 is 17.9 Å². The quantitative estimate of drug-likeness (QED) is 0.316. The zero-order chi connectivity index (χ0) is 32.0. The van der Waals surface area contributed by atoms with Crippen molar-refractivity contribution in [3.63, 3.8) is 0 Å². The average Bonchev–Trinajstić information content (AvgIpc) is 3.56. The van der Waals surface area contributed by atoms with Gasteiger partial charge in [0.05, 0.1) is 31.1 Å². The summed E-state index contributed by atoms with van der Waals surface area (Å²) in [5.41, 5.74) is 3.68. The first-order chi connectivity index (χ1) is 20.7. The molecule has 0 bridgehead atoms. The van der Waals surface area contributed by atoms with E-state index < -0.39 is 17.5 Å². The van der Waals surface area contributed by atoms with Crippen LogP contribution in [0.4, 0.5) is 15.1 Å². The van der Waals surface area contributed by atoms with Crippen molar-refractivity contribution in [1.29, 1.82) is 0 Å². The summed E-state index contributed by atoms with van der Waals surface area (Å²) in [5.74, 6) is -0.0177. The van der Waals surface area contributed by atoms with E-state index in [9.17, 15) is 14.0 Å². The number of ether oxygens (including phenoxy) is 2. The number of hydrogen-bond donors (Lipinski definition) is 0. The number of pyridine rings is 1. The van der Waals surface area contributed by atoms with Gasteiger partial charge in [-0.25, -0.2) is 14.2 Å². The molecule has 1 aliphatic heterocycles. The average molecular weight is 607 g/mol. The smallest absolute Gasteiger partial charge is 0.416 e. The van der Waals surface area contributed by atoms with E-state index in [1.165, 1.54) is 4.90 Å². The lowest BCUT2D eigenvalue weighted by molar-refractivity contribution is 0.0585. The van der Waals surface area contributed by atoms with Crippen LogP contribution in [0.1, 0.15) is 86.2 Å². The monoisotopic (exact) mass is 606 g/mol. The van der Waals surface area contributed by atoms with Crippen LogP contribution in [0.15, 0.2) is 36.8 Å². The van der Waals surface area contributed by atoms with E-state index >= 15 is 0 Å². The lowest BCUT2D eigenvalue weighted by Crippen LogP contribution is -2.45. The third-order valence-corrected chi connectivity index (χ3v) is 8.17. The molecule has 44 heavy (non-hydrogen) atoms. The van der Waals surface area contributed by atoms with E-state index in [1.807, 2.05) is 63.5 Å². The molecule has 0 saturated heterocycles. The third-order valence-electron chi connectivity index (χ3n) is 8.17. The Labute approximate surface area is 258 Å². The lowest BCUT2D eigenvalue weighted by Gasteiger charge is -2.40. The summed E-state index contributed by atoms with van der Waals surface area (Å²) in [6.45, 7) is 11.2. The van der Waals surface area contributed by atoms with Gasteiger partial charge >= 0.3 is 6.09 Å². The van der Waals surface area contributed by atoms with E-state index in [-0.39, 0.29) is 23.1 Å². The molecule has 3 aromatic rings. The van der Waals surface area contributed by atoms with Crippen LogP contribution >= 0.6 is 0 Å². The summed E-state index contributed by atoms with van der Waals surface area (Å²) in [7, 11) is 5.69. The van der Waals surface area contributed by atoms with Gasteiger partial charge in [-0.15, -0.1) is 0 Å². The van der Waals surface area contributed by atoms with Gasteiger partial charge in [-0.3, -0.25) is 14.7 Å². The number of amides is 2. The fraction of sp³-hybridized carbons (Fsp3) is 0.515. The first-order valence-electron chi connectivity index (χ1n) is 15.1. The minimum absolute atomic E-state index is 0.0762. The molecule has 236 valence electrons. The summed E-state index contributed by atoms with van der Waals surface area (Å²) in [6, 6.07) is 5.38. The molecule has 3 heterocycles. The Morgan fingerprint density at radius 2 is 1.89 bits per heavy atom. The van der Waals surface area contributed by atoms with Crippen LogP contribution in [0.25, 0.3) is 0 Å². The minimum atomic E-state index is -0.640. The molecular formula is C33H43FN6O4. The zero-order valence-corrected chi connectivity index (χ0v) is 27.0. The van der Waals surface area contributed by atoms with Crippen molar-refractivity contribution in [2.75, 3.05) is 39.2 Å². The van der Waals surface area contributed by atoms with Crippen molar-refractivity contribution in [1.82, 2.24) is 24.3 Å². The van der Waals surface area contributed by atoms with Crippen LogP contribution in [-0.4, -0.2) is 76.2 Å². The third kappa shape index (κ3) is 6.29. The maximum atomic E-state index is 14.3. The van der Waals surface area contributed by atoms with Gasteiger partial charge in [0.2, 0.25) is 5.95 Å². The molecule has 1 fully saturated rings. The summed E-state index contributed by atoms with van der Waals surface area (Å²) in [6.07, 6.45) is 6.11. The second kappa shape index (κ2) is 11.8. The predicted molar refractivity (Wildman–Crippen MR) is 166 cm³/mol. The van der Waals surface area contributed by atoms with Crippen LogP contribution in [0, 0.1) is 5.82 Å². The van der Waals surface area contributed by atoms with Crippen molar-refractivity contribution < 1.29 is 23.5 Å². The highest BCUT2D eigenvalue weighted by atomic mass is 19.1. The highest BCUT2D eigenvalue weighted by molar-refractivity contribution is 5.99. The molecule has 11 heteroatoms. The van der Waals surface area contributed by atoms with Gasteiger partial charge in [-0.1, -0.05) is 6.07 Å². The van der Waals surface area contributed by atoms with Gasteiger partial charge in [0.1, 0.15) is 5.60 Å². The van der Waals surface area contributed by atoms with Crippen LogP contribution in [0.2, 0.25) is 0 Å². The Hall–Kier alpha value is -3.99. The van der Waals surface area contributed by atoms with E-state index in [1.54, 1.807) is 26.2 Å². The largest absolute Gasteiger partial charge is 0.491 e. The number of anilines is 1. The molecule has 10 nitrogen and oxygen atoms in total. The van der Waals surface area contributed by atoms with Gasteiger partial charge < -0.3 is 23.8 Å². The summed E-state index contributed by atoms with van der Waals surface area (Å²) >= 11 is 0. The predicted octanol–water partition coefficient (Wildman–Crippen LogP) is 5.55. The molecule has 1 aromatic carbocycles. The lowest BCUT2D eigenvalue weighted by atomic mass is 9.81. The van der Waals surface area contributed by atoms with Gasteiger partial charge in [0, 0.05) is 49.6 Å². The fourth-order valence-corrected chi connectivity index (χ4v) is 6.05. The zero-order valence-electron chi connectivity index (χ0n) is 27.0. The summed E-state index contributed by atoms with van der Waals surface area (Å²) < 4.78 is 27.2. The molecule has 1 spiro atoms. The van der Waals surface area contributed by atoms with Crippen molar-refractivity contribution in [3.05, 3.63) is 70.6 Å². The topological polar surface area (TPSA) is 93.0 Å². The van der Waals surface area contributed by atoms with Gasteiger partial charge in [-0.2, -0.15) is 0 Å². The Kier molecular flexibility index (Phi) is 8.45. The fourth-order valence-electron chi connectivity index (χ4n) is 6.05. The maximum absolute atomic E-state index is 14.3. The van der Waals surface area contributed by atoms with Crippen LogP contribution in [0.3, 0.4) is 0 Å². The number of benzene rings is 1. The number of carbonyl (C=O) groups is 2. The minimum Gasteiger partial charge on any atom is -0.491 e. The number of aromatic nitrogens is 3. The summed E-state index contributed by atoms with van der Waals surface area (Å²) in [4.78, 5) is 41.2. The molecule has 2 aliphatic rings. The number of rotatable bonds is 9. The SMILES string of the molecule is CCOc1cc(C(C)N2CC3(CC3)c3c(CN(C)C)cc(Cn4ccnc4N(C)C(=O)OC(C)(C)C)cc3C2=O)ncc1F. The Morgan fingerprint density at radius 1 is 1.16 bits per heavy atom. The molecule has 1 saturated carbocycles. The molecule has 1 unspecified atom stereocenters. The standard InChI is InChI=1S/C33H43FN6O4/c1-9-43-27-16-26(36-17-25(27)34)21(2)40-20-33(10-11-33)28-23(19-37(6)7)14-22(15-24(28)29(40)41)18-39-13-12-35-30(39)38(8)31(42)44-32(3,4)5/h12-17,21H,9-11,18-20H2,1-8H3. The molecule has 5 rings (SSSR count). The maximum Gasteiger partial charge on any atom is 0.416 e. The second-order valence-corrected chi connectivity index (χ2v) is 13.2. The normalized spacial score (nSPS) is 16.2. The number of imidazole rings is 1. The van der Waals surface area contributed by atoms with Gasteiger partial charge in [0.15, 0.2) is 11.6 Å². The van der Waals surface area contributed by atoms with E-state index in [0.29, 0.717) is 43.4 Å². The van der Waals surface area contributed by atoms with Gasteiger partial charge in [0.25, 0.3) is 5.91 Å². The van der Waals surface area contributed by atoms with E-state index in [4.69, 9.17) is 9.47 Å². The molecule has 1 aliphatic carbocycles. The Bertz CT molecular complexity index is 1560.